The van der Waals surface area contributed by atoms with E-state index in [4.69, 9.17) is 0 Å². The molecule has 0 spiro atoms. The number of hydrogen-bond acceptors (Lipinski definition) is 3. The third kappa shape index (κ3) is 2.55. The molecule has 0 radical (unpaired) electrons. The van der Waals surface area contributed by atoms with Gasteiger partial charge in [0, 0.05) is 45.2 Å². The average Bonchev–Trinajstić information content (AvgIpc) is 2.72. The second-order valence-corrected chi connectivity index (χ2v) is 5.06. The van der Waals surface area contributed by atoms with Gasteiger partial charge in [-0.05, 0) is 26.3 Å². The molecule has 0 saturated carbocycles. The number of nitrogens with one attached hydrogen (secondary N) is 1. The molecule has 16 heavy (non-hydrogen) atoms. The Morgan fingerprint density at radius 1 is 1.44 bits per heavy atom. The molecular weight excluding hydrogens is 202 g/mol. The van der Waals surface area contributed by atoms with E-state index in [9.17, 15) is 4.79 Å². The summed E-state index contributed by atoms with van der Waals surface area (Å²) >= 11 is 0. The average molecular weight is 225 g/mol. The Kier molecular flexibility index (Phi) is 3.82. The number of carbonyl (C=O) groups excluding carboxylic acids is 1. The molecular formula is C12H23N3O. The van der Waals surface area contributed by atoms with E-state index in [1.807, 2.05) is 0 Å². The molecule has 92 valence electrons. The Morgan fingerprint density at radius 3 is 3.00 bits per heavy atom. The Labute approximate surface area is 98.0 Å². The number of fused-ring (bicyclic) bond motifs is 1. The highest BCUT2D eigenvalue weighted by Crippen LogP contribution is 2.24. The van der Waals surface area contributed by atoms with Gasteiger partial charge in [-0.15, -0.1) is 0 Å². The van der Waals surface area contributed by atoms with Gasteiger partial charge in [-0.3, -0.25) is 14.6 Å². The Bertz CT molecular complexity index is 257. The maximum Gasteiger partial charge on any atom is 0.221 e. The number of nitrogens with zero attached hydrogens (tertiary/aromatic N) is 2. The predicted octanol–water partition coefficient (Wildman–Crippen LogP) is 0.291. The van der Waals surface area contributed by atoms with Crippen LogP contribution in [0.3, 0.4) is 0 Å². The molecule has 4 nitrogen and oxygen atoms in total. The summed E-state index contributed by atoms with van der Waals surface area (Å²) < 4.78 is 0. The van der Waals surface area contributed by atoms with Crippen LogP contribution in [0.1, 0.15) is 26.2 Å². The zero-order valence-corrected chi connectivity index (χ0v) is 10.4. The van der Waals surface area contributed by atoms with Crippen LogP contribution in [0.5, 0.6) is 0 Å². The van der Waals surface area contributed by atoms with Crippen molar-refractivity contribution in [3.8, 4) is 0 Å². The maximum absolute atomic E-state index is 11.2. The van der Waals surface area contributed by atoms with Gasteiger partial charge in [-0.25, -0.2) is 0 Å². The summed E-state index contributed by atoms with van der Waals surface area (Å²) in [6, 6.07) is 1.35. The van der Waals surface area contributed by atoms with Crippen molar-refractivity contribution in [2.24, 2.45) is 0 Å². The zero-order chi connectivity index (χ0) is 11.5. The van der Waals surface area contributed by atoms with Crippen molar-refractivity contribution < 1.29 is 4.79 Å². The molecule has 0 aromatic heterocycles. The molecule has 0 bridgehead atoms. The topological polar surface area (TPSA) is 35.6 Å². The number of rotatable bonds is 3. The smallest absolute Gasteiger partial charge is 0.221 e. The molecule has 2 fully saturated rings. The van der Waals surface area contributed by atoms with Crippen LogP contribution in [-0.2, 0) is 4.79 Å². The van der Waals surface area contributed by atoms with E-state index in [1.54, 1.807) is 7.05 Å². The second kappa shape index (κ2) is 5.15. The summed E-state index contributed by atoms with van der Waals surface area (Å²) in [4.78, 5) is 16.3. The molecule has 0 aromatic rings. The lowest BCUT2D eigenvalue weighted by atomic mass is 10.1. The van der Waals surface area contributed by atoms with Gasteiger partial charge in [0.1, 0.15) is 0 Å². The lowest BCUT2D eigenvalue weighted by Gasteiger charge is -2.42. The summed E-state index contributed by atoms with van der Waals surface area (Å²) in [7, 11) is 1.71. The molecule has 2 heterocycles. The van der Waals surface area contributed by atoms with Crippen LogP contribution in [0.4, 0.5) is 0 Å². The van der Waals surface area contributed by atoms with Crippen molar-refractivity contribution in [3.05, 3.63) is 0 Å². The lowest BCUT2D eigenvalue weighted by Crippen LogP contribution is -2.55. The van der Waals surface area contributed by atoms with Crippen LogP contribution in [-0.4, -0.2) is 61.0 Å². The van der Waals surface area contributed by atoms with E-state index in [-0.39, 0.29) is 5.91 Å². The van der Waals surface area contributed by atoms with Gasteiger partial charge in [-0.2, -0.15) is 0 Å². The molecule has 1 amide bonds. The molecule has 2 atom stereocenters. The first kappa shape index (κ1) is 11.9. The summed E-state index contributed by atoms with van der Waals surface area (Å²) in [5.41, 5.74) is 0. The van der Waals surface area contributed by atoms with E-state index < -0.39 is 0 Å². The van der Waals surface area contributed by atoms with Gasteiger partial charge in [0.2, 0.25) is 5.91 Å². The normalized spacial score (nSPS) is 31.4. The summed E-state index contributed by atoms with van der Waals surface area (Å²) in [5.74, 6) is 0.154. The summed E-state index contributed by atoms with van der Waals surface area (Å²) in [5, 5.41) is 2.69. The van der Waals surface area contributed by atoms with E-state index in [2.05, 4.69) is 22.0 Å². The van der Waals surface area contributed by atoms with Gasteiger partial charge < -0.3 is 5.32 Å². The standard InChI is InChI=1S/C12H23N3O/c1-10-8-15-6-3-4-11(15)9-14(10)7-5-12(16)13-2/h10-11H,3-9H2,1-2H3,(H,13,16). The summed E-state index contributed by atoms with van der Waals surface area (Å²) in [6.45, 7) is 6.79. The van der Waals surface area contributed by atoms with Crippen molar-refractivity contribution in [1.29, 1.82) is 0 Å². The van der Waals surface area contributed by atoms with Crippen LogP contribution >= 0.6 is 0 Å². The van der Waals surface area contributed by atoms with E-state index >= 15 is 0 Å². The molecule has 2 saturated heterocycles. The quantitative estimate of drug-likeness (QED) is 0.750. The Hall–Kier alpha value is -0.610. The third-order valence-electron chi connectivity index (χ3n) is 3.97. The first-order valence-corrected chi connectivity index (χ1v) is 6.39. The van der Waals surface area contributed by atoms with E-state index in [0.29, 0.717) is 12.5 Å². The molecule has 1 N–H and O–H groups in total. The van der Waals surface area contributed by atoms with Crippen molar-refractivity contribution in [3.63, 3.8) is 0 Å². The molecule has 0 aliphatic carbocycles. The van der Waals surface area contributed by atoms with Crippen LogP contribution in [0, 0.1) is 0 Å². The second-order valence-electron chi connectivity index (χ2n) is 5.06. The first-order chi connectivity index (χ1) is 7.70. The fourth-order valence-electron chi connectivity index (χ4n) is 2.93. The Balaban J connectivity index is 1.82. The number of hydrogen-bond donors (Lipinski definition) is 1. The molecule has 2 unspecified atom stereocenters. The van der Waals surface area contributed by atoms with Crippen LogP contribution in [0.15, 0.2) is 0 Å². The third-order valence-corrected chi connectivity index (χ3v) is 3.97. The lowest BCUT2D eigenvalue weighted by molar-refractivity contribution is -0.121. The largest absolute Gasteiger partial charge is 0.359 e. The maximum atomic E-state index is 11.2. The van der Waals surface area contributed by atoms with Gasteiger partial charge in [-0.1, -0.05) is 0 Å². The van der Waals surface area contributed by atoms with Gasteiger partial charge in [0.25, 0.3) is 0 Å². The van der Waals surface area contributed by atoms with Crippen molar-refractivity contribution >= 4 is 5.91 Å². The minimum atomic E-state index is 0.154. The minimum Gasteiger partial charge on any atom is -0.359 e. The summed E-state index contributed by atoms with van der Waals surface area (Å²) in [6.07, 6.45) is 3.32. The van der Waals surface area contributed by atoms with Gasteiger partial charge >= 0.3 is 0 Å². The highest BCUT2D eigenvalue weighted by atomic mass is 16.1. The van der Waals surface area contributed by atoms with Crippen LogP contribution in [0.2, 0.25) is 0 Å². The molecule has 0 aromatic carbocycles. The van der Waals surface area contributed by atoms with Crippen LogP contribution in [0.25, 0.3) is 0 Å². The monoisotopic (exact) mass is 225 g/mol. The van der Waals surface area contributed by atoms with Gasteiger partial charge in [0.15, 0.2) is 0 Å². The number of carbonyl (C=O) groups is 1. The number of piperazine rings is 1. The molecule has 2 aliphatic rings. The van der Waals surface area contributed by atoms with Crippen molar-refractivity contribution in [1.82, 2.24) is 15.1 Å². The SMILES string of the molecule is CNC(=O)CCN1CC2CCCN2CC1C. The van der Waals surface area contributed by atoms with Crippen LogP contribution < -0.4 is 5.32 Å². The molecule has 2 rings (SSSR count). The predicted molar refractivity (Wildman–Crippen MR) is 64.3 cm³/mol. The highest BCUT2D eigenvalue weighted by Gasteiger charge is 2.33. The van der Waals surface area contributed by atoms with E-state index in [0.717, 1.165) is 19.1 Å². The molecule has 4 heteroatoms. The molecule has 2 aliphatic heterocycles. The highest BCUT2D eigenvalue weighted by molar-refractivity contribution is 5.75. The number of amides is 1. The van der Waals surface area contributed by atoms with Crippen molar-refractivity contribution in [2.45, 2.75) is 38.3 Å². The zero-order valence-electron chi connectivity index (χ0n) is 10.4. The van der Waals surface area contributed by atoms with Gasteiger partial charge in [0.05, 0.1) is 0 Å². The minimum absolute atomic E-state index is 0.154. The Morgan fingerprint density at radius 2 is 2.25 bits per heavy atom. The fourth-order valence-corrected chi connectivity index (χ4v) is 2.93. The van der Waals surface area contributed by atoms with Crippen molar-refractivity contribution in [2.75, 3.05) is 33.2 Å². The fraction of sp³-hybridized carbons (Fsp3) is 0.917. The van der Waals surface area contributed by atoms with E-state index in [1.165, 1.54) is 25.9 Å². The first-order valence-electron chi connectivity index (χ1n) is 6.39.